The van der Waals surface area contributed by atoms with Gasteiger partial charge in [0.15, 0.2) is 11.5 Å². The summed E-state index contributed by atoms with van der Waals surface area (Å²) in [5, 5.41) is 0. The van der Waals surface area contributed by atoms with Gasteiger partial charge in [0, 0.05) is 0 Å². The highest BCUT2D eigenvalue weighted by Gasteiger charge is 2.17. The molecule has 1 aliphatic rings. The molecule has 0 radical (unpaired) electrons. The number of nitrogens with two attached hydrogens (primary N) is 1. The Balaban J connectivity index is 2.31. The normalized spacial score (nSPS) is 13.9. The van der Waals surface area contributed by atoms with Crippen molar-refractivity contribution in [2.75, 3.05) is 19.8 Å². The van der Waals surface area contributed by atoms with Gasteiger partial charge in [-0.3, -0.25) is 0 Å². The summed E-state index contributed by atoms with van der Waals surface area (Å²) in [4.78, 5) is 0. The van der Waals surface area contributed by atoms with Crippen molar-refractivity contribution in [1.29, 1.82) is 0 Å². The van der Waals surface area contributed by atoms with Crippen LogP contribution in [-0.4, -0.2) is 19.8 Å². The Morgan fingerprint density at radius 3 is 2.81 bits per heavy atom. The van der Waals surface area contributed by atoms with Gasteiger partial charge in [-0.25, -0.2) is 4.39 Å². The van der Waals surface area contributed by atoms with Crippen molar-refractivity contribution < 1.29 is 13.9 Å². The van der Waals surface area contributed by atoms with Crippen LogP contribution in [0.4, 0.5) is 4.39 Å². The molecule has 1 aliphatic heterocycles. The second-order valence-electron chi connectivity index (χ2n) is 3.80. The maximum Gasteiger partial charge on any atom is 0.164 e. The molecule has 0 unspecified atom stereocenters. The predicted molar refractivity (Wildman–Crippen MR) is 59.6 cm³/mol. The summed E-state index contributed by atoms with van der Waals surface area (Å²) in [5.74, 6) is 1.42. The lowest BCUT2D eigenvalue weighted by Gasteiger charge is -2.22. The van der Waals surface area contributed by atoms with E-state index < -0.39 is 6.67 Å². The maximum atomic E-state index is 12.7. The fourth-order valence-electron chi connectivity index (χ4n) is 1.84. The van der Waals surface area contributed by atoms with Gasteiger partial charge in [-0.2, -0.15) is 0 Å². The highest BCUT2D eigenvalue weighted by atomic mass is 19.1. The molecule has 1 aromatic carbocycles. The number of ether oxygens (including phenoxy) is 2. The molecule has 0 fully saturated rings. The molecular weight excluding hydrogens is 209 g/mol. The number of hydrogen-bond acceptors (Lipinski definition) is 3. The second-order valence-corrected chi connectivity index (χ2v) is 3.80. The van der Waals surface area contributed by atoms with Gasteiger partial charge in [-0.05, 0) is 42.6 Å². The maximum absolute atomic E-state index is 12.7. The van der Waals surface area contributed by atoms with Crippen LogP contribution in [0.5, 0.6) is 11.5 Å². The standard InChI is InChI=1S/C12H16FNO2/c13-8-9-6-10(2-1-3-14)12-11(7-9)15-4-5-16-12/h6-7H,1-5,8,14H2. The molecule has 0 aromatic heterocycles. The van der Waals surface area contributed by atoms with Gasteiger partial charge in [0.1, 0.15) is 19.9 Å². The van der Waals surface area contributed by atoms with Crippen molar-refractivity contribution in [2.24, 2.45) is 5.73 Å². The summed E-state index contributed by atoms with van der Waals surface area (Å²) in [6, 6.07) is 3.55. The Hall–Kier alpha value is -1.29. The molecule has 0 saturated carbocycles. The summed E-state index contributed by atoms with van der Waals surface area (Å²) < 4.78 is 23.7. The van der Waals surface area contributed by atoms with E-state index in [0.29, 0.717) is 31.1 Å². The predicted octanol–water partition coefficient (Wildman–Crippen LogP) is 1.82. The number of fused-ring (bicyclic) bond motifs is 1. The number of hydrogen-bond donors (Lipinski definition) is 1. The van der Waals surface area contributed by atoms with Crippen LogP contribution in [0.25, 0.3) is 0 Å². The fourth-order valence-corrected chi connectivity index (χ4v) is 1.84. The summed E-state index contributed by atoms with van der Waals surface area (Å²) in [6.07, 6.45) is 1.67. The van der Waals surface area contributed by atoms with Crippen molar-refractivity contribution >= 4 is 0 Å². The molecular formula is C12H16FNO2. The average Bonchev–Trinajstić information content (AvgIpc) is 2.35. The molecule has 0 amide bonds. The summed E-state index contributed by atoms with van der Waals surface area (Å²) >= 11 is 0. The highest BCUT2D eigenvalue weighted by Crippen LogP contribution is 2.36. The molecule has 3 nitrogen and oxygen atoms in total. The van der Waals surface area contributed by atoms with Gasteiger partial charge in [0.2, 0.25) is 0 Å². The Bertz CT molecular complexity index is 368. The molecule has 2 N–H and O–H groups in total. The zero-order valence-corrected chi connectivity index (χ0v) is 9.17. The Morgan fingerprint density at radius 2 is 2.06 bits per heavy atom. The average molecular weight is 225 g/mol. The first kappa shape index (κ1) is 11.2. The van der Waals surface area contributed by atoms with Crippen LogP contribution in [0.15, 0.2) is 12.1 Å². The first-order valence-electron chi connectivity index (χ1n) is 5.52. The largest absolute Gasteiger partial charge is 0.486 e. The molecule has 1 aromatic rings. The Labute approximate surface area is 94.3 Å². The lowest BCUT2D eigenvalue weighted by atomic mass is 10.0. The van der Waals surface area contributed by atoms with Crippen LogP contribution in [0.2, 0.25) is 0 Å². The van der Waals surface area contributed by atoms with Crippen LogP contribution in [0, 0.1) is 0 Å². The lowest BCUT2D eigenvalue weighted by molar-refractivity contribution is 0.169. The summed E-state index contributed by atoms with van der Waals surface area (Å²) in [5.41, 5.74) is 7.11. The van der Waals surface area contributed by atoms with E-state index in [1.165, 1.54) is 0 Å². The van der Waals surface area contributed by atoms with Crippen molar-refractivity contribution in [3.05, 3.63) is 23.3 Å². The van der Waals surface area contributed by atoms with Gasteiger partial charge >= 0.3 is 0 Å². The number of benzene rings is 1. The van der Waals surface area contributed by atoms with E-state index in [4.69, 9.17) is 15.2 Å². The number of alkyl halides is 1. The third-order valence-corrected chi connectivity index (χ3v) is 2.58. The first-order chi connectivity index (χ1) is 7.85. The number of halogens is 1. The van der Waals surface area contributed by atoms with Crippen LogP contribution >= 0.6 is 0 Å². The molecule has 0 saturated heterocycles. The first-order valence-corrected chi connectivity index (χ1v) is 5.52. The molecule has 0 bridgehead atoms. The van der Waals surface area contributed by atoms with Crippen LogP contribution in [0.3, 0.4) is 0 Å². The minimum atomic E-state index is -0.480. The van der Waals surface area contributed by atoms with E-state index in [0.717, 1.165) is 24.2 Å². The molecule has 0 atom stereocenters. The molecule has 16 heavy (non-hydrogen) atoms. The number of aryl methyl sites for hydroxylation is 1. The molecule has 88 valence electrons. The Morgan fingerprint density at radius 1 is 1.25 bits per heavy atom. The number of rotatable bonds is 4. The zero-order valence-electron chi connectivity index (χ0n) is 9.17. The van der Waals surface area contributed by atoms with Crippen LogP contribution < -0.4 is 15.2 Å². The molecule has 4 heteroatoms. The van der Waals surface area contributed by atoms with E-state index in [-0.39, 0.29) is 0 Å². The third kappa shape index (κ3) is 2.27. The second kappa shape index (κ2) is 5.16. The van der Waals surface area contributed by atoms with Gasteiger partial charge in [-0.15, -0.1) is 0 Å². The quantitative estimate of drug-likeness (QED) is 0.850. The van der Waals surface area contributed by atoms with E-state index in [1.54, 1.807) is 6.07 Å². The van der Waals surface area contributed by atoms with E-state index in [1.807, 2.05) is 6.07 Å². The fraction of sp³-hybridized carbons (Fsp3) is 0.500. The molecule has 1 heterocycles. The van der Waals surface area contributed by atoms with Crippen molar-refractivity contribution in [2.45, 2.75) is 19.5 Å². The van der Waals surface area contributed by atoms with Gasteiger partial charge in [0.05, 0.1) is 0 Å². The van der Waals surface area contributed by atoms with Gasteiger partial charge in [0.25, 0.3) is 0 Å². The van der Waals surface area contributed by atoms with Gasteiger partial charge in [-0.1, -0.05) is 0 Å². The van der Waals surface area contributed by atoms with Crippen molar-refractivity contribution in [1.82, 2.24) is 0 Å². The minimum absolute atomic E-state index is 0.480. The topological polar surface area (TPSA) is 44.5 Å². The van der Waals surface area contributed by atoms with Crippen LogP contribution in [-0.2, 0) is 13.1 Å². The lowest BCUT2D eigenvalue weighted by Crippen LogP contribution is -2.17. The molecule has 0 aliphatic carbocycles. The third-order valence-electron chi connectivity index (χ3n) is 2.58. The van der Waals surface area contributed by atoms with Crippen LogP contribution in [0.1, 0.15) is 17.5 Å². The highest BCUT2D eigenvalue weighted by molar-refractivity contribution is 5.50. The zero-order chi connectivity index (χ0) is 11.4. The van der Waals surface area contributed by atoms with E-state index in [2.05, 4.69) is 0 Å². The monoisotopic (exact) mass is 225 g/mol. The van der Waals surface area contributed by atoms with Gasteiger partial charge < -0.3 is 15.2 Å². The summed E-state index contributed by atoms with van der Waals surface area (Å²) in [7, 11) is 0. The van der Waals surface area contributed by atoms with Crippen molar-refractivity contribution in [3.63, 3.8) is 0 Å². The Kier molecular flexibility index (Phi) is 3.62. The minimum Gasteiger partial charge on any atom is -0.486 e. The molecule has 2 rings (SSSR count). The van der Waals surface area contributed by atoms with Crippen molar-refractivity contribution in [3.8, 4) is 11.5 Å². The SMILES string of the molecule is NCCCc1cc(CF)cc2c1OCCO2. The van der Waals surface area contributed by atoms with E-state index >= 15 is 0 Å². The van der Waals surface area contributed by atoms with E-state index in [9.17, 15) is 4.39 Å². The summed E-state index contributed by atoms with van der Waals surface area (Å²) in [6.45, 7) is 1.22. The molecule has 0 spiro atoms. The smallest absolute Gasteiger partial charge is 0.164 e.